The second-order valence-corrected chi connectivity index (χ2v) is 8.47. The Labute approximate surface area is 204 Å². The van der Waals surface area contributed by atoms with Gasteiger partial charge >= 0.3 is 6.18 Å². The van der Waals surface area contributed by atoms with E-state index in [0.29, 0.717) is 29.1 Å². The average molecular weight is 498 g/mol. The van der Waals surface area contributed by atoms with Crippen LogP contribution in [-0.2, 0) is 11.0 Å². The van der Waals surface area contributed by atoms with E-state index < -0.39 is 17.5 Å². The molecule has 0 bridgehead atoms. The van der Waals surface area contributed by atoms with Gasteiger partial charge in [-0.3, -0.25) is 4.79 Å². The molecule has 5 nitrogen and oxygen atoms in total. The Kier molecular flexibility index (Phi) is 6.46. The van der Waals surface area contributed by atoms with Gasteiger partial charge in [-0.2, -0.15) is 18.4 Å². The second-order valence-electron chi connectivity index (χ2n) is 8.06. The van der Waals surface area contributed by atoms with Crippen molar-refractivity contribution in [1.82, 2.24) is 0 Å². The molecule has 1 saturated heterocycles. The third-order valence-corrected chi connectivity index (χ3v) is 6.05. The molecule has 1 fully saturated rings. The first-order valence-corrected chi connectivity index (χ1v) is 10.9. The Hall–Kier alpha value is -3.96. The van der Waals surface area contributed by atoms with Gasteiger partial charge in [0.2, 0.25) is 5.91 Å². The molecule has 0 spiro atoms. The molecule has 1 amide bonds. The Balaban J connectivity index is 1.65. The highest BCUT2D eigenvalue weighted by molar-refractivity contribution is 6.32. The summed E-state index contributed by atoms with van der Waals surface area (Å²) in [6, 6.07) is 16.8. The molecule has 9 heteroatoms. The Morgan fingerprint density at radius 1 is 1.17 bits per heavy atom. The molecule has 4 rings (SSSR count). The minimum atomic E-state index is -4.73. The first-order valence-electron chi connectivity index (χ1n) is 10.5. The van der Waals surface area contributed by atoms with Gasteiger partial charge in [0.1, 0.15) is 11.8 Å². The number of carbonyl (C=O) groups is 1. The number of rotatable bonds is 5. The molecule has 178 valence electrons. The molecule has 0 aromatic heterocycles. The zero-order valence-corrected chi connectivity index (χ0v) is 19.0. The lowest BCUT2D eigenvalue weighted by Crippen LogP contribution is -2.24. The fraction of sp³-hybridized carbons (Fsp3) is 0.154. The molecule has 3 aromatic rings. The topological polar surface area (TPSA) is 79.3 Å². The van der Waals surface area contributed by atoms with Crippen molar-refractivity contribution in [3.63, 3.8) is 0 Å². The molecule has 35 heavy (non-hydrogen) atoms. The predicted octanol–water partition coefficient (Wildman–Crippen LogP) is 6.47. The lowest BCUT2D eigenvalue weighted by Gasteiger charge is -2.19. The van der Waals surface area contributed by atoms with Crippen molar-refractivity contribution in [1.29, 1.82) is 5.26 Å². The average Bonchev–Trinajstić information content (AvgIpc) is 3.21. The van der Waals surface area contributed by atoms with E-state index in [4.69, 9.17) is 22.1 Å². The number of halogens is 4. The van der Waals surface area contributed by atoms with E-state index in [1.165, 1.54) is 18.2 Å². The molecule has 0 aliphatic carbocycles. The fourth-order valence-corrected chi connectivity index (χ4v) is 4.13. The molecule has 1 heterocycles. The first-order chi connectivity index (χ1) is 16.6. The third kappa shape index (κ3) is 4.96. The van der Waals surface area contributed by atoms with Crippen molar-refractivity contribution in [2.75, 3.05) is 11.4 Å². The predicted molar refractivity (Wildman–Crippen MR) is 127 cm³/mol. The quantitative estimate of drug-likeness (QED) is 0.438. The van der Waals surface area contributed by atoms with E-state index in [1.807, 2.05) is 0 Å². The minimum absolute atomic E-state index is 0.0373. The summed E-state index contributed by atoms with van der Waals surface area (Å²) in [5.41, 5.74) is 6.84. The summed E-state index contributed by atoms with van der Waals surface area (Å²) in [4.78, 5) is 14.4. The maximum absolute atomic E-state index is 13.5. The Bertz CT molecular complexity index is 1360. The summed E-state index contributed by atoms with van der Waals surface area (Å²) < 4.78 is 46.2. The van der Waals surface area contributed by atoms with Gasteiger partial charge < -0.3 is 15.4 Å². The molecule has 1 atom stereocenters. The summed E-state index contributed by atoms with van der Waals surface area (Å²) in [5, 5.41) is 9.39. The molecular formula is C26H19ClF3N3O2. The molecule has 0 saturated carbocycles. The van der Waals surface area contributed by atoms with Crippen molar-refractivity contribution < 1.29 is 22.7 Å². The monoisotopic (exact) mass is 497 g/mol. The zero-order valence-electron chi connectivity index (χ0n) is 18.3. The van der Waals surface area contributed by atoms with Crippen LogP contribution in [0.5, 0.6) is 11.5 Å². The number of amides is 1. The number of nitrogens with two attached hydrogens (primary N) is 1. The minimum Gasteiger partial charge on any atom is -0.454 e. The van der Waals surface area contributed by atoms with Crippen LogP contribution in [0, 0.1) is 11.3 Å². The Morgan fingerprint density at radius 3 is 2.60 bits per heavy atom. The highest BCUT2D eigenvalue weighted by Gasteiger charge is 2.36. The summed E-state index contributed by atoms with van der Waals surface area (Å²) in [7, 11) is 0. The van der Waals surface area contributed by atoms with Crippen LogP contribution < -0.4 is 15.4 Å². The smallest absolute Gasteiger partial charge is 0.420 e. The molecule has 1 aliphatic rings. The maximum Gasteiger partial charge on any atom is 0.420 e. The summed E-state index contributed by atoms with van der Waals surface area (Å²) >= 11 is 6.23. The molecular weight excluding hydrogens is 479 g/mol. The van der Waals surface area contributed by atoms with Crippen LogP contribution in [0.4, 0.5) is 18.9 Å². The van der Waals surface area contributed by atoms with Gasteiger partial charge in [-0.25, -0.2) is 0 Å². The zero-order chi connectivity index (χ0) is 25.3. The summed E-state index contributed by atoms with van der Waals surface area (Å²) in [6.45, 7) is 4.07. The number of benzene rings is 3. The lowest BCUT2D eigenvalue weighted by atomic mass is 9.98. The van der Waals surface area contributed by atoms with Crippen LogP contribution in [-0.4, -0.2) is 12.5 Å². The Morgan fingerprint density at radius 2 is 1.91 bits per heavy atom. The van der Waals surface area contributed by atoms with Crippen molar-refractivity contribution in [3.8, 4) is 17.6 Å². The second kappa shape index (κ2) is 9.35. The third-order valence-electron chi connectivity index (χ3n) is 5.73. The normalized spacial score (nSPS) is 15.7. The summed E-state index contributed by atoms with van der Waals surface area (Å²) in [6.07, 6.45) is -4.54. The van der Waals surface area contributed by atoms with E-state index in [0.717, 1.165) is 12.1 Å². The van der Waals surface area contributed by atoms with Gasteiger partial charge in [-0.15, -0.1) is 0 Å². The van der Waals surface area contributed by atoms with Gasteiger partial charge in [-0.05, 0) is 47.5 Å². The van der Waals surface area contributed by atoms with Gasteiger partial charge in [0.15, 0.2) is 5.75 Å². The number of nitriles is 1. The van der Waals surface area contributed by atoms with Gasteiger partial charge in [0, 0.05) is 30.3 Å². The van der Waals surface area contributed by atoms with Crippen molar-refractivity contribution in [2.45, 2.75) is 18.5 Å². The van der Waals surface area contributed by atoms with Crippen molar-refractivity contribution in [2.24, 2.45) is 5.73 Å². The van der Waals surface area contributed by atoms with E-state index in [-0.39, 0.29) is 34.6 Å². The molecule has 3 aromatic carbocycles. The van der Waals surface area contributed by atoms with Crippen LogP contribution in [0.15, 0.2) is 67.2 Å². The van der Waals surface area contributed by atoms with Crippen LogP contribution in [0.25, 0.3) is 5.70 Å². The van der Waals surface area contributed by atoms with Gasteiger partial charge in [0.05, 0.1) is 16.1 Å². The molecule has 0 radical (unpaired) electrons. The van der Waals surface area contributed by atoms with Gasteiger partial charge in [-0.1, -0.05) is 42.4 Å². The van der Waals surface area contributed by atoms with E-state index >= 15 is 0 Å². The highest BCUT2D eigenvalue weighted by Crippen LogP contribution is 2.43. The number of alkyl halides is 3. The van der Waals surface area contributed by atoms with Crippen LogP contribution in [0.3, 0.4) is 0 Å². The largest absolute Gasteiger partial charge is 0.454 e. The number of nitrogens with zero attached hydrogens (tertiary/aromatic N) is 2. The highest BCUT2D eigenvalue weighted by atomic mass is 35.5. The number of para-hydroxylation sites is 1. The lowest BCUT2D eigenvalue weighted by molar-refractivity contribution is -0.138. The molecule has 0 unspecified atom stereocenters. The van der Waals surface area contributed by atoms with Crippen LogP contribution >= 0.6 is 11.6 Å². The number of ether oxygens (including phenoxy) is 1. The van der Waals surface area contributed by atoms with Gasteiger partial charge in [0.25, 0.3) is 0 Å². The van der Waals surface area contributed by atoms with E-state index in [9.17, 15) is 23.2 Å². The molecule has 1 aliphatic heterocycles. The number of carbonyl (C=O) groups excluding carboxylic acids is 1. The standard InChI is InChI=1S/C26H19ClF3N3O2/c1-15(32)16-4-2-6-20(10-16)33-14-19(12-24(33)34)17-8-9-22(27)23(11-17)35-25-18(13-31)5-3-7-21(25)26(28,29)30/h2-11,19H,1,12,14,32H2/t19-/m0/s1. The molecule has 2 N–H and O–H groups in total. The van der Waals surface area contributed by atoms with Crippen molar-refractivity contribution in [3.05, 3.63) is 94.5 Å². The number of anilines is 1. The number of hydrogen-bond acceptors (Lipinski definition) is 4. The van der Waals surface area contributed by atoms with E-state index in [1.54, 1.807) is 41.3 Å². The van der Waals surface area contributed by atoms with Crippen molar-refractivity contribution >= 4 is 28.9 Å². The SMILES string of the molecule is C=C(N)c1cccc(N2C[C@@H](c3ccc(Cl)c(Oc4c(C#N)cccc4C(F)(F)F)c3)CC2=O)c1. The number of hydrogen-bond donors (Lipinski definition) is 1. The van der Waals surface area contributed by atoms with Crippen LogP contribution in [0.1, 0.15) is 34.6 Å². The summed E-state index contributed by atoms with van der Waals surface area (Å²) in [5.74, 6) is -1.02. The maximum atomic E-state index is 13.5. The fourth-order valence-electron chi connectivity index (χ4n) is 3.97. The van der Waals surface area contributed by atoms with E-state index in [2.05, 4.69) is 6.58 Å². The van der Waals surface area contributed by atoms with Crippen LogP contribution in [0.2, 0.25) is 5.02 Å². The first kappa shape index (κ1) is 24.2.